The number of nitrogens with one attached hydrogen (secondary N) is 2. The summed E-state index contributed by atoms with van der Waals surface area (Å²) in [5, 5.41) is 15.4. The van der Waals surface area contributed by atoms with Gasteiger partial charge >= 0.3 is 6.09 Å². The van der Waals surface area contributed by atoms with Crippen LogP contribution in [0.25, 0.3) is 0 Å². The lowest BCUT2D eigenvalue weighted by Crippen LogP contribution is -2.53. The van der Waals surface area contributed by atoms with Crippen LogP contribution >= 0.6 is 0 Å². The molecule has 0 fully saturated rings. The molecule has 0 aliphatic carbocycles. The van der Waals surface area contributed by atoms with Gasteiger partial charge in [-0.2, -0.15) is 0 Å². The van der Waals surface area contributed by atoms with E-state index in [0.717, 1.165) is 24.0 Å². The summed E-state index contributed by atoms with van der Waals surface area (Å²) in [4.78, 5) is 41.3. The number of ether oxygens (including phenoxy) is 1. The molecule has 0 heterocycles. The number of likely N-dealkylation sites (N-methyl/N-ethyl adjacent to an activating group) is 1. The molecule has 8 heteroatoms. The van der Waals surface area contributed by atoms with Crippen molar-refractivity contribution in [2.45, 2.75) is 84.5 Å². The minimum atomic E-state index is -1.00. The summed E-state index contributed by atoms with van der Waals surface area (Å²) in [6, 6.07) is 11.9. The van der Waals surface area contributed by atoms with Gasteiger partial charge in [-0.3, -0.25) is 9.59 Å². The number of rotatable bonds is 10. The molecular formula is C29H41N3O5. The van der Waals surface area contributed by atoms with E-state index in [1.165, 1.54) is 17.0 Å². The predicted molar refractivity (Wildman–Crippen MR) is 144 cm³/mol. The highest BCUT2D eigenvalue weighted by molar-refractivity contribution is 5.92. The molecule has 0 aromatic heterocycles. The number of aromatic hydroxyl groups is 1. The van der Waals surface area contributed by atoms with Gasteiger partial charge in [0.2, 0.25) is 11.8 Å². The molecule has 0 saturated heterocycles. The Balaban J connectivity index is 2.40. The number of carbonyl (C=O) groups excluding carboxylic acids is 3. The minimum absolute atomic E-state index is 0.0540. The Hall–Kier alpha value is -3.55. The number of benzene rings is 2. The number of carbonyl (C=O) groups is 3. The van der Waals surface area contributed by atoms with Crippen LogP contribution < -0.4 is 10.6 Å². The van der Waals surface area contributed by atoms with E-state index in [1.54, 1.807) is 40.0 Å². The SMILES string of the molecule is CCCC(C)NC(=O)C(c1ccc(C)cc1)N(C)C(=O)C(Cc1ccc(O)cc1)NC(=O)OC(C)(C)C. The van der Waals surface area contributed by atoms with Gasteiger partial charge in [-0.25, -0.2) is 4.79 Å². The molecule has 2 aromatic rings. The van der Waals surface area contributed by atoms with Crippen molar-refractivity contribution < 1.29 is 24.2 Å². The predicted octanol–water partition coefficient (Wildman–Crippen LogP) is 4.64. The third-order valence-electron chi connectivity index (χ3n) is 5.85. The highest BCUT2D eigenvalue weighted by atomic mass is 16.6. The lowest BCUT2D eigenvalue weighted by molar-refractivity contribution is -0.141. The highest BCUT2D eigenvalue weighted by Crippen LogP contribution is 2.23. The number of nitrogens with zero attached hydrogens (tertiary/aromatic N) is 1. The number of hydrogen-bond acceptors (Lipinski definition) is 5. The molecule has 3 N–H and O–H groups in total. The average Bonchev–Trinajstić information content (AvgIpc) is 2.79. The van der Waals surface area contributed by atoms with Crippen LogP contribution in [0, 0.1) is 6.92 Å². The summed E-state index contributed by atoms with van der Waals surface area (Å²) >= 11 is 0. The first-order valence-corrected chi connectivity index (χ1v) is 12.7. The van der Waals surface area contributed by atoms with Crippen LogP contribution in [0.3, 0.4) is 0 Å². The van der Waals surface area contributed by atoms with Crippen molar-refractivity contribution >= 4 is 17.9 Å². The highest BCUT2D eigenvalue weighted by Gasteiger charge is 2.34. The maximum Gasteiger partial charge on any atom is 0.408 e. The van der Waals surface area contributed by atoms with Crippen LogP contribution in [0.4, 0.5) is 4.79 Å². The fraction of sp³-hybridized carbons (Fsp3) is 0.483. The van der Waals surface area contributed by atoms with Gasteiger partial charge in [-0.1, -0.05) is 55.3 Å². The van der Waals surface area contributed by atoms with E-state index in [-0.39, 0.29) is 24.1 Å². The Labute approximate surface area is 220 Å². The van der Waals surface area contributed by atoms with E-state index in [9.17, 15) is 19.5 Å². The lowest BCUT2D eigenvalue weighted by atomic mass is 10.00. The average molecular weight is 512 g/mol. The van der Waals surface area contributed by atoms with Gasteiger partial charge in [-0.05, 0) is 64.3 Å². The summed E-state index contributed by atoms with van der Waals surface area (Å²) in [7, 11) is 1.57. The normalized spacial score (nSPS) is 13.7. The molecule has 0 aliphatic rings. The molecule has 2 rings (SSSR count). The van der Waals surface area contributed by atoms with E-state index in [1.807, 2.05) is 45.0 Å². The second-order valence-electron chi connectivity index (χ2n) is 10.5. The van der Waals surface area contributed by atoms with Crippen molar-refractivity contribution in [1.82, 2.24) is 15.5 Å². The number of phenols is 1. The van der Waals surface area contributed by atoms with E-state index in [2.05, 4.69) is 10.6 Å². The molecule has 202 valence electrons. The van der Waals surface area contributed by atoms with Crippen LogP contribution in [0.5, 0.6) is 5.75 Å². The smallest absolute Gasteiger partial charge is 0.408 e. The summed E-state index contributed by atoms with van der Waals surface area (Å²) < 4.78 is 5.40. The maximum atomic E-state index is 13.8. The second-order valence-corrected chi connectivity index (χ2v) is 10.5. The molecule has 0 saturated carbocycles. The molecular weight excluding hydrogens is 470 g/mol. The molecule has 0 spiro atoms. The van der Waals surface area contributed by atoms with Crippen molar-refractivity contribution in [1.29, 1.82) is 0 Å². The molecule has 37 heavy (non-hydrogen) atoms. The topological polar surface area (TPSA) is 108 Å². The van der Waals surface area contributed by atoms with E-state index in [4.69, 9.17) is 4.74 Å². The summed E-state index contributed by atoms with van der Waals surface area (Å²) in [6.45, 7) is 11.2. The van der Waals surface area contributed by atoms with Crippen LogP contribution in [0.2, 0.25) is 0 Å². The van der Waals surface area contributed by atoms with E-state index < -0.39 is 29.7 Å². The minimum Gasteiger partial charge on any atom is -0.508 e. The molecule has 8 nitrogen and oxygen atoms in total. The molecule has 3 unspecified atom stereocenters. The molecule has 2 aromatic carbocycles. The first kappa shape index (κ1) is 29.7. The van der Waals surface area contributed by atoms with Gasteiger partial charge in [0.15, 0.2) is 0 Å². The van der Waals surface area contributed by atoms with Crippen molar-refractivity contribution in [2.24, 2.45) is 0 Å². The standard InChI is InChI=1S/C29H41N3O5/c1-8-9-20(3)30-26(34)25(22-14-10-19(2)11-15-22)32(7)27(35)24(31-28(36)37-29(4,5)6)18-21-12-16-23(33)17-13-21/h10-17,20,24-25,33H,8-9,18H2,1-7H3,(H,30,34)(H,31,36). The number of hydrogen-bond donors (Lipinski definition) is 3. The Kier molecular flexibility index (Phi) is 10.5. The second kappa shape index (κ2) is 13.1. The largest absolute Gasteiger partial charge is 0.508 e. The van der Waals surface area contributed by atoms with Crippen LogP contribution in [0.15, 0.2) is 48.5 Å². The third-order valence-corrected chi connectivity index (χ3v) is 5.85. The zero-order valence-corrected chi connectivity index (χ0v) is 23.0. The lowest BCUT2D eigenvalue weighted by Gasteiger charge is -2.32. The van der Waals surface area contributed by atoms with Crippen molar-refractivity contribution in [3.63, 3.8) is 0 Å². The van der Waals surface area contributed by atoms with Crippen LogP contribution in [-0.4, -0.2) is 52.6 Å². The van der Waals surface area contributed by atoms with Gasteiger partial charge in [0.1, 0.15) is 23.4 Å². The van der Waals surface area contributed by atoms with Crippen molar-refractivity contribution in [3.05, 3.63) is 65.2 Å². The van der Waals surface area contributed by atoms with Crippen molar-refractivity contribution in [2.75, 3.05) is 7.05 Å². The number of aryl methyl sites for hydroxylation is 1. The Bertz CT molecular complexity index is 1040. The van der Waals surface area contributed by atoms with Crippen LogP contribution in [-0.2, 0) is 20.7 Å². The fourth-order valence-electron chi connectivity index (χ4n) is 4.02. The van der Waals surface area contributed by atoms with Crippen LogP contribution in [0.1, 0.15) is 70.2 Å². The summed E-state index contributed by atoms with van der Waals surface area (Å²) in [6.07, 6.45) is 1.15. The zero-order valence-electron chi connectivity index (χ0n) is 23.0. The fourth-order valence-corrected chi connectivity index (χ4v) is 4.02. The Morgan fingerprint density at radius 1 is 1.00 bits per heavy atom. The van der Waals surface area contributed by atoms with Crippen molar-refractivity contribution in [3.8, 4) is 5.75 Å². The number of phenolic OH excluding ortho intramolecular Hbond substituents is 1. The molecule has 3 atom stereocenters. The maximum absolute atomic E-state index is 13.8. The molecule has 0 radical (unpaired) electrons. The van der Waals surface area contributed by atoms with Gasteiger partial charge in [0.05, 0.1) is 0 Å². The van der Waals surface area contributed by atoms with Gasteiger partial charge < -0.3 is 25.4 Å². The summed E-state index contributed by atoms with van der Waals surface area (Å²) in [5.41, 5.74) is 1.69. The first-order chi connectivity index (χ1) is 17.3. The van der Waals surface area contributed by atoms with E-state index in [0.29, 0.717) is 5.56 Å². The molecule has 0 bridgehead atoms. The van der Waals surface area contributed by atoms with Gasteiger partial charge in [-0.15, -0.1) is 0 Å². The molecule has 0 aliphatic heterocycles. The van der Waals surface area contributed by atoms with Gasteiger partial charge in [0, 0.05) is 19.5 Å². The monoisotopic (exact) mass is 511 g/mol. The number of alkyl carbamates (subject to hydrolysis) is 1. The van der Waals surface area contributed by atoms with Gasteiger partial charge in [0.25, 0.3) is 0 Å². The quantitative estimate of drug-likeness (QED) is 0.431. The Morgan fingerprint density at radius 2 is 1.59 bits per heavy atom. The third kappa shape index (κ3) is 9.44. The number of amides is 3. The molecule has 3 amide bonds. The summed E-state index contributed by atoms with van der Waals surface area (Å²) in [5.74, 6) is -0.634. The Morgan fingerprint density at radius 3 is 2.14 bits per heavy atom. The van der Waals surface area contributed by atoms with E-state index >= 15 is 0 Å². The first-order valence-electron chi connectivity index (χ1n) is 12.7. The zero-order chi connectivity index (χ0) is 27.8.